The molecule has 0 spiro atoms. The fourth-order valence-electron chi connectivity index (χ4n) is 3.55. The highest BCUT2D eigenvalue weighted by Crippen LogP contribution is 2.37. The molecule has 1 aliphatic heterocycles. The maximum Gasteiger partial charge on any atom is 0.256 e. The molecule has 2 aromatic rings. The standard InChI is InChI=1S/C21H19N3O3/c1-13-6-11-18(22-12-13)23-19(25)14-7-9-15(10-8-14)24-20(26)16-4-2-3-5-17(16)21(24)27/h2-3,6-12,16-17H,4-5H2,1H3,(H,22,23,25). The second-order valence-electron chi connectivity index (χ2n) is 6.89. The molecule has 4 rings (SSSR count). The van der Waals surface area contributed by atoms with Crippen LogP contribution in [-0.4, -0.2) is 22.7 Å². The molecule has 2 heterocycles. The summed E-state index contributed by atoms with van der Waals surface area (Å²) in [6.45, 7) is 1.92. The Kier molecular flexibility index (Phi) is 4.32. The molecule has 1 saturated heterocycles. The lowest BCUT2D eigenvalue weighted by atomic mass is 9.85. The van der Waals surface area contributed by atoms with Crippen LogP contribution in [0.4, 0.5) is 11.5 Å². The van der Waals surface area contributed by atoms with Gasteiger partial charge in [0.05, 0.1) is 17.5 Å². The van der Waals surface area contributed by atoms with Crippen LogP contribution in [0.25, 0.3) is 0 Å². The minimum Gasteiger partial charge on any atom is -0.307 e. The highest BCUT2D eigenvalue weighted by molar-refractivity contribution is 6.22. The van der Waals surface area contributed by atoms with Crippen LogP contribution in [0.15, 0.2) is 54.7 Å². The maximum absolute atomic E-state index is 12.6. The van der Waals surface area contributed by atoms with Gasteiger partial charge >= 0.3 is 0 Å². The molecule has 1 aliphatic carbocycles. The topological polar surface area (TPSA) is 79.4 Å². The van der Waals surface area contributed by atoms with Gasteiger partial charge in [-0.25, -0.2) is 4.98 Å². The lowest BCUT2D eigenvalue weighted by Gasteiger charge is -2.15. The number of allylic oxidation sites excluding steroid dienone is 2. The highest BCUT2D eigenvalue weighted by Gasteiger charge is 2.47. The van der Waals surface area contributed by atoms with Gasteiger partial charge in [0.25, 0.3) is 5.91 Å². The van der Waals surface area contributed by atoms with Crippen LogP contribution in [0, 0.1) is 18.8 Å². The quantitative estimate of drug-likeness (QED) is 0.673. The summed E-state index contributed by atoms with van der Waals surface area (Å²) in [4.78, 5) is 43.0. The van der Waals surface area contributed by atoms with Gasteiger partial charge in [-0.3, -0.25) is 19.3 Å². The van der Waals surface area contributed by atoms with E-state index in [-0.39, 0.29) is 29.6 Å². The van der Waals surface area contributed by atoms with E-state index in [0.717, 1.165) is 5.56 Å². The van der Waals surface area contributed by atoms with Gasteiger partial charge in [-0.2, -0.15) is 0 Å². The minimum atomic E-state index is -0.296. The number of imide groups is 1. The zero-order valence-corrected chi connectivity index (χ0v) is 14.9. The Labute approximate surface area is 156 Å². The molecule has 1 fully saturated rings. The van der Waals surface area contributed by atoms with E-state index in [1.54, 1.807) is 36.5 Å². The predicted molar refractivity (Wildman–Crippen MR) is 101 cm³/mol. The number of benzene rings is 1. The second-order valence-corrected chi connectivity index (χ2v) is 6.89. The molecule has 1 aromatic heterocycles. The van der Waals surface area contributed by atoms with Crippen molar-refractivity contribution in [2.45, 2.75) is 19.8 Å². The lowest BCUT2D eigenvalue weighted by Crippen LogP contribution is -2.30. The first-order valence-corrected chi connectivity index (χ1v) is 8.91. The van der Waals surface area contributed by atoms with Crippen molar-refractivity contribution in [2.75, 3.05) is 10.2 Å². The number of aryl methyl sites for hydroxylation is 1. The summed E-state index contributed by atoms with van der Waals surface area (Å²) in [6, 6.07) is 10.1. The van der Waals surface area contributed by atoms with Gasteiger partial charge in [-0.05, 0) is 55.7 Å². The number of hydrogen-bond acceptors (Lipinski definition) is 4. The van der Waals surface area contributed by atoms with E-state index in [9.17, 15) is 14.4 Å². The Balaban J connectivity index is 1.50. The molecule has 6 nitrogen and oxygen atoms in total. The van der Waals surface area contributed by atoms with Gasteiger partial charge in [0.2, 0.25) is 11.8 Å². The van der Waals surface area contributed by atoms with E-state index in [0.29, 0.717) is 29.9 Å². The molecule has 6 heteroatoms. The van der Waals surface area contributed by atoms with E-state index in [1.165, 1.54) is 4.90 Å². The van der Waals surface area contributed by atoms with Gasteiger partial charge in [0, 0.05) is 11.8 Å². The van der Waals surface area contributed by atoms with E-state index in [1.807, 2.05) is 25.1 Å². The minimum absolute atomic E-state index is 0.157. The zero-order chi connectivity index (χ0) is 19.0. The Morgan fingerprint density at radius 2 is 1.63 bits per heavy atom. The van der Waals surface area contributed by atoms with E-state index in [2.05, 4.69) is 10.3 Å². The van der Waals surface area contributed by atoms with Gasteiger partial charge in [0.15, 0.2) is 0 Å². The average Bonchev–Trinajstić information content (AvgIpc) is 2.95. The van der Waals surface area contributed by atoms with Crippen LogP contribution in [0.2, 0.25) is 0 Å². The van der Waals surface area contributed by atoms with E-state index in [4.69, 9.17) is 0 Å². The third-order valence-corrected chi connectivity index (χ3v) is 5.05. The Morgan fingerprint density at radius 1 is 1.00 bits per heavy atom. The number of carbonyl (C=O) groups excluding carboxylic acids is 3. The van der Waals surface area contributed by atoms with Crippen molar-refractivity contribution in [1.29, 1.82) is 0 Å². The van der Waals surface area contributed by atoms with Crippen LogP contribution >= 0.6 is 0 Å². The molecule has 0 saturated carbocycles. The monoisotopic (exact) mass is 361 g/mol. The summed E-state index contributed by atoms with van der Waals surface area (Å²) in [6.07, 6.45) is 6.81. The summed E-state index contributed by atoms with van der Waals surface area (Å²) < 4.78 is 0. The molecule has 1 aromatic carbocycles. The molecule has 3 amide bonds. The van der Waals surface area contributed by atoms with Crippen LogP contribution in [-0.2, 0) is 9.59 Å². The van der Waals surface area contributed by atoms with Crippen LogP contribution in [0.1, 0.15) is 28.8 Å². The smallest absolute Gasteiger partial charge is 0.256 e. The lowest BCUT2D eigenvalue weighted by molar-refractivity contribution is -0.122. The first kappa shape index (κ1) is 17.1. The van der Waals surface area contributed by atoms with Crippen molar-refractivity contribution in [2.24, 2.45) is 11.8 Å². The van der Waals surface area contributed by atoms with E-state index >= 15 is 0 Å². The zero-order valence-electron chi connectivity index (χ0n) is 14.9. The molecule has 2 unspecified atom stereocenters. The summed E-state index contributed by atoms with van der Waals surface area (Å²) in [5, 5.41) is 2.73. The molecule has 136 valence electrons. The molecule has 2 aliphatic rings. The molecule has 0 radical (unpaired) electrons. The molecule has 27 heavy (non-hydrogen) atoms. The Morgan fingerprint density at radius 3 is 2.19 bits per heavy atom. The third kappa shape index (κ3) is 3.14. The van der Waals surface area contributed by atoms with Gasteiger partial charge < -0.3 is 5.32 Å². The average molecular weight is 361 g/mol. The first-order chi connectivity index (χ1) is 13.0. The van der Waals surface area contributed by atoms with Crippen molar-refractivity contribution >= 4 is 29.2 Å². The Hall–Kier alpha value is -3.28. The number of hydrogen-bond donors (Lipinski definition) is 1. The molecular formula is C21H19N3O3. The number of nitrogens with zero attached hydrogens (tertiary/aromatic N) is 2. The van der Waals surface area contributed by atoms with Crippen molar-refractivity contribution in [1.82, 2.24) is 4.98 Å². The van der Waals surface area contributed by atoms with Gasteiger partial charge in [0.1, 0.15) is 5.82 Å². The summed E-state index contributed by atoms with van der Waals surface area (Å²) in [7, 11) is 0. The van der Waals surface area contributed by atoms with E-state index < -0.39 is 0 Å². The summed E-state index contributed by atoms with van der Waals surface area (Å²) in [5.74, 6) is -0.673. The summed E-state index contributed by atoms with van der Waals surface area (Å²) in [5.41, 5.74) is 1.94. The number of nitrogens with one attached hydrogen (secondary N) is 1. The number of fused-ring (bicyclic) bond motifs is 1. The van der Waals surface area contributed by atoms with Crippen molar-refractivity contribution < 1.29 is 14.4 Å². The number of rotatable bonds is 3. The largest absolute Gasteiger partial charge is 0.307 e. The second kappa shape index (κ2) is 6.79. The number of anilines is 2. The van der Waals surface area contributed by atoms with Crippen molar-refractivity contribution in [3.05, 3.63) is 65.9 Å². The molecule has 0 bridgehead atoms. The number of amides is 3. The molecule has 1 N–H and O–H groups in total. The Bertz CT molecular complexity index is 906. The molecular weight excluding hydrogens is 342 g/mol. The first-order valence-electron chi connectivity index (χ1n) is 8.91. The van der Waals surface area contributed by atoms with Crippen LogP contribution in [0.5, 0.6) is 0 Å². The SMILES string of the molecule is Cc1ccc(NC(=O)c2ccc(N3C(=O)C4CC=CCC4C3=O)cc2)nc1. The van der Waals surface area contributed by atoms with Gasteiger partial charge in [-0.1, -0.05) is 18.2 Å². The molecule has 2 atom stereocenters. The maximum atomic E-state index is 12.6. The number of pyridine rings is 1. The van der Waals surface area contributed by atoms with Crippen LogP contribution < -0.4 is 10.2 Å². The number of carbonyl (C=O) groups is 3. The third-order valence-electron chi connectivity index (χ3n) is 5.05. The van der Waals surface area contributed by atoms with Crippen molar-refractivity contribution in [3.8, 4) is 0 Å². The normalized spacial score (nSPS) is 21.3. The summed E-state index contributed by atoms with van der Waals surface area (Å²) >= 11 is 0. The number of aromatic nitrogens is 1. The highest BCUT2D eigenvalue weighted by atomic mass is 16.2. The fraction of sp³-hybridized carbons (Fsp3) is 0.238. The van der Waals surface area contributed by atoms with Crippen molar-refractivity contribution in [3.63, 3.8) is 0 Å². The predicted octanol–water partition coefficient (Wildman–Crippen LogP) is 3.10. The fourth-order valence-corrected chi connectivity index (χ4v) is 3.55. The van der Waals surface area contributed by atoms with Crippen LogP contribution in [0.3, 0.4) is 0 Å². The van der Waals surface area contributed by atoms with Gasteiger partial charge in [-0.15, -0.1) is 0 Å².